The Bertz CT molecular complexity index is 1800. The fourth-order valence-corrected chi connectivity index (χ4v) is 5.44. The predicted octanol–water partition coefficient (Wildman–Crippen LogP) is 4.62. The minimum atomic E-state index is -1.31. The molecule has 0 radical (unpaired) electrons. The number of nitrogens with one attached hydrogen (secondary N) is 1. The zero-order chi connectivity index (χ0) is 29.4. The third-order valence-corrected chi connectivity index (χ3v) is 7.86. The molecule has 0 unspecified atom stereocenters. The van der Waals surface area contributed by atoms with Gasteiger partial charge in [0.1, 0.15) is 11.4 Å². The molecule has 9 nitrogen and oxygen atoms in total. The Hall–Kier alpha value is -5.01. The monoisotopic (exact) mass is 565 g/mol. The summed E-state index contributed by atoms with van der Waals surface area (Å²) in [5, 5.41) is 21.4. The van der Waals surface area contributed by atoms with E-state index < -0.39 is 17.2 Å². The van der Waals surface area contributed by atoms with Crippen molar-refractivity contribution in [2.24, 2.45) is 0 Å². The van der Waals surface area contributed by atoms with Crippen LogP contribution in [0.3, 0.4) is 0 Å². The number of carboxylic acid groups (broad SMARTS) is 1. The van der Waals surface area contributed by atoms with Gasteiger partial charge in [0.15, 0.2) is 0 Å². The maximum absolute atomic E-state index is 15.3. The van der Waals surface area contributed by atoms with Crippen molar-refractivity contribution in [1.82, 2.24) is 9.47 Å². The lowest BCUT2D eigenvalue weighted by Gasteiger charge is -2.36. The van der Waals surface area contributed by atoms with Crippen LogP contribution in [0.5, 0.6) is 0 Å². The minimum absolute atomic E-state index is 0.0921. The highest BCUT2D eigenvalue weighted by molar-refractivity contribution is 6.04. The van der Waals surface area contributed by atoms with Crippen LogP contribution in [0.1, 0.15) is 50.7 Å². The quantitative estimate of drug-likeness (QED) is 0.336. The van der Waals surface area contributed by atoms with Gasteiger partial charge in [-0.1, -0.05) is 18.2 Å². The number of hydrogen-bond acceptors (Lipinski definition) is 6. The van der Waals surface area contributed by atoms with Crippen LogP contribution in [0.15, 0.2) is 71.7 Å². The highest BCUT2D eigenvalue weighted by Gasteiger charge is 2.28. The summed E-state index contributed by atoms with van der Waals surface area (Å²) in [6.45, 7) is 3.25. The molecule has 6 rings (SSSR count). The van der Waals surface area contributed by atoms with Crippen LogP contribution in [0.2, 0.25) is 0 Å². The van der Waals surface area contributed by atoms with Crippen molar-refractivity contribution in [2.75, 3.05) is 36.4 Å². The van der Waals surface area contributed by atoms with Crippen molar-refractivity contribution in [2.45, 2.75) is 25.4 Å². The van der Waals surface area contributed by atoms with E-state index in [-0.39, 0.29) is 22.9 Å². The van der Waals surface area contributed by atoms with E-state index in [9.17, 15) is 19.5 Å². The average Bonchev–Trinajstić information content (AvgIpc) is 3.84. The third-order valence-electron chi connectivity index (χ3n) is 7.86. The summed E-state index contributed by atoms with van der Waals surface area (Å²) in [4.78, 5) is 41.2. The number of pyridine rings is 1. The van der Waals surface area contributed by atoms with E-state index in [0.29, 0.717) is 60.7 Å². The number of piperazine rings is 1. The molecule has 0 atom stereocenters. The number of anilines is 2. The molecule has 1 saturated carbocycles. The van der Waals surface area contributed by atoms with Gasteiger partial charge in [-0.3, -0.25) is 14.5 Å². The fourth-order valence-electron chi connectivity index (χ4n) is 5.44. The van der Waals surface area contributed by atoms with Gasteiger partial charge in [-0.05, 0) is 60.9 Å². The van der Waals surface area contributed by atoms with Gasteiger partial charge in [-0.25, -0.2) is 9.18 Å². The summed E-state index contributed by atoms with van der Waals surface area (Å²) in [5.41, 5.74) is 2.56. The number of carboxylic acids is 1. The van der Waals surface area contributed by atoms with Crippen molar-refractivity contribution in [3.8, 4) is 6.07 Å². The molecule has 1 aliphatic heterocycles. The molecule has 212 valence electrons. The van der Waals surface area contributed by atoms with E-state index in [1.807, 2.05) is 21.6 Å². The van der Waals surface area contributed by atoms with Crippen molar-refractivity contribution >= 4 is 34.2 Å². The van der Waals surface area contributed by atoms with Gasteiger partial charge in [0, 0.05) is 61.6 Å². The summed E-state index contributed by atoms with van der Waals surface area (Å²) < 4.78 is 17.1. The zero-order valence-electron chi connectivity index (χ0n) is 22.7. The molecule has 1 saturated heterocycles. The number of nitrogens with zero attached hydrogens (tertiary/aromatic N) is 4. The van der Waals surface area contributed by atoms with E-state index >= 15 is 4.39 Å². The Kier molecular flexibility index (Phi) is 7.19. The molecule has 10 heteroatoms. The Morgan fingerprint density at radius 3 is 2.43 bits per heavy atom. The van der Waals surface area contributed by atoms with E-state index in [4.69, 9.17) is 5.26 Å². The van der Waals surface area contributed by atoms with Crippen LogP contribution >= 0.6 is 0 Å². The van der Waals surface area contributed by atoms with Crippen molar-refractivity contribution < 1.29 is 19.1 Å². The van der Waals surface area contributed by atoms with Crippen molar-refractivity contribution in [1.29, 1.82) is 5.26 Å². The molecule has 4 aromatic rings. The number of rotatable bonds is 7. The molecule has 0 spiro atoms. The smallest absolute Gasteiger partial charge is 0.341 e. The molecule has 1 amide bonds. The Morgan fingerprint density at radius 1 is 1.02 bits per heavy atom. The fraction of sp³-hybridized carbons (Fsp3) is 0.250. The third kappa shape index (κ3) is 5.47. The number of aromatic carboxylic acids is 1. The number of halogens is 1. The first-order valence-electron chi connectivity index (χ1n) is 13.8. The molecule has 3 aromatic carbocycles. The number of aromatic nitrogens is 1. The average molecular weight is 566 g/mol. The molecule has 2 N–H and O–H groups in total. The lowest BCUT2D eigenvalue weighted by Crippen LogP contribution is -2.46. The second-order valence-corrected chi connectivity index (χ2v) is 10.7. The zero-order valence-corrected chi connectivity index (χ0v) is 22.7. The minimum Gasteiger partial charge on any atom is -0.477 e. The van der Waals surface area contributed by atoms with Gasteiger partial charge in [0.25, 0.3) is 5.91 Å². The molecule has 2 aliphatic rings. The van der Waals surface area contributed by atoms with Crippen molar-refractivity contribution in [3.63, 3.8) is 0 Å². The Labute approximate surface area is 241 Å². The van der Waals surface area contributed by atoms with E-state index in [0.717, 1.165) is 18.4 Å². The van der Waals surface area contributed by atoms with Gasteiger partial charge in [-0.15, -0.1) is 0 Å². The molecule has 2 heterocycles. The molecular weight excluding hydrogens is 537 g/mol. The lowest BCUT2D eigenvalue weighted by molar-refractivity contribution is 0.0694. The van der Waals surface area contributed by atoms with Crippen molar-refractivity contribution in [3.05, 3.63) is 105 Å². The standard InChI is InChI=1S/C32H28FN5O4/c33-27-15-25-28(38(24-8-9-24)19-26(30(25)39)32(41)42)16-29(27)37-12-10-36(11-13-37)18-20-4-6-22(7-5-20)31(40)35-23-3-1-2-21(14-23)17-34/h1-7,14-16,19,24H,8-13,18H2,(H,35,40)(H,41,42). The molecule has 0 bridgehead atoms. The molecule has 2 fully saturated rings. The maximum atomic E-state index is 15.3. The SMILES string of the molecule is N#Cc1cccc(NC(=O)c2ccc(CN3CCN(c4cc5c(cc4F)c(=O)c(C(=O)O)cn5C4CC4)CC3)cc2)c1. The van der Waals surface area contributed by atoms with Crippen LogP contribution in [0, 0.1) is 17.1 Å². The van der Waals surface area contributed by atoms with Gasteiger partial charge >= 0.3 is 5.97 Å². The summed E-state index contributed by atoms with van der Waals surface area (Å²) in [5.74, 6) is -2.10. The number of carbonyl (C=O) groups is 2. The number of benzene rings is 3. The van der Waals surface area contributed by atoms with E-state index in [1.54, 1.807) is 42.5 Å². The number of nitriles is 1. The highest BCUT2D eigenvalue weighted by atomic mass is 19.1. The van der Waals surface area contributed by atoms with E-state index in [1.165, 1.54) is 12.3 Å². The second-order valence-electron chi connectivity index (χ2n) is 10.7. The number of carbonyl (C=O) groups excluding carboxylic acids is 1. The topological polar surface area (TPSA) is 119 Å². The normalized spacial score (nSPS) is 15.4. The lowest BCUT2D eigenvalue weighted by atomic mass is 10.1. The number of hydrogen-bond donors (Lipinski definition) is 2. The Morgan fingerprint density at radius 2 is 1.76 bits per heavy atom. The molecule has 42 heavy (non-hydrogen) atoms. The first-order chi connectivity index (χ1) is 20.3. The Balaban J connectivity index is 1.11. The highest BCUT2D eigenvalue weighted by Crippen LogP contribution is 2.38. The van der Waals surface area contributed by atoms with Gasteiger partial charge in [-0.2, -0.15) is 5.26 Å². The molecule has 1 aliphatic carbocycles. The van der Waals surface area contributed by atoms with Gasteiger partial charge in [0.05, 0.1) is 22.8 Å². The van der Waals surface area contributed by atoms with Gasteiger partial charge < -0.3 is 19.9 Å². The second kappa shape index (κ2) is 11.1. The van der Waals surface area contributed by atoms with Gasteiger partial charge in [0.2, 0.25) is 5.43 Å². The first-order valence-corrected chi connectivity index (χ1v) is 13.8. The van der Waals surface area contributed by atoms with Crippen LogP contribution in [-0.2, 0) is 6.54 Å². The molecular formula is C32H28FN5O4. The summed E-state index contributed by atoms with van der Waals surface area (Å²) in [6.07, 6.45) is 3.18. The van der Waals surface area contributed by atoms with Crippen LogP contribution in [0.4, 0.5) is 15.8 Å². The maximum Gasteiger partial charge on any atom is 0.341 e. The van der Waals surface area contributed by atoms with E-state index in [2.05, 4.69) is 16.3 Å². The first kappa shape index (κ1) is 27.2. The number of fused-ring (bicyclic) bond motifs is 1. The summed E-state index contributed by atoms with van der Waals surface area (Å²) >= 11 is 0. The van der Waals surface area contributed by atoms with Crippen LogP contribution in [0.25, 0.3) is 10.9 Å². The predicted molar refractivity (Wildman–Crippen MR) is 156 cm³/mol. The molecule has 1 aromatic heterocycles. The number of amides is 1. The largest absolute Gasteiger partial charge is 0.477 e. The summed E-state index contributed by atoms with van der Waals surface area (Å²) in [7, 11) is 0. The van der Waals surface area contributed by atoms with Crippen LogP contribution < -0.4 is 15.6 Å². The summed E-state index contributed by atoms with van der Waals surface area (Å²) in [6, 6.07) is 19.2. The van der Waals surface area contributed by atoms with Crippen LogP contribution in [-0.4, -0.2) is 52.6 Å².